The van der Waals surface area contributed by atoms with Gasteiger partial charge >= 0.3 is 0 Å². The standard InChI is InChI=1S/C20H17N3OS2/c24-23-7-6-17-19(22-13-26-17)16-10-15(11-18(20(16)23)25-9-8-23)21-12-14-4-2-1-3-5-14/h1-6,11-13H,7-10H2/b21-12+. The first kappa shape index (κ1) is 16.2. The van der Waals surface area contributed by atoms with E-state index in [9.17, 15) is 5.21 Å². The second-order valence-electron chi connectivity index (χ2n) is 6.59. The van der Waals surface area contributed by atoms with E-state index in [1.807, 2.05) is 42.1 Å². The first-order valence-electron chi connectivity index (χ1n) is 8.62. The lowest BCUT2D eigenvalue weighted by molar-refractivity contribution is -0.827. The van der Waals surface area contributed by atoms with Crippen LogP contribution in [0, 0.1) is 5.21 Å². The van der Waals surface area contributed by atoms with Crippen LogP contribution in [0.5, 0.6) is 0 Å². The van der Waals surface area contributed by atoms with E-state index in [4.69, 9.17) is 4.99 Å². The molecule has 6 heteroatoms. The van der Waals surface area contributed by atoms with E-state index in [1.165, 1.54) is 0 Å². The number of fused-ring (bicyclic) bond motifs is 1. The molecular weight excluding hydrogens is 362 g/mol. The minimum absolute atomic E-state index is 0.257. The summed E-state index contributed by atoms with van der Waals surface area (Å²) in [5, 5.41) is 14.5. The van der Waals surface area contributed by atoms with Crippen molar-refractivity contribution >= 4 is 41.0 Å². The van der Waals surface area contributed by atoms with Crippen LogP contribution < -0.4 is 9.88 Å². The SMILES string of the molecule is [O-][N+]12CC=c3scnc3=C3CC(/N=C/c4ccccc4)=CC(=C31)SCC2. The Morgan fingerprint density at radius 1 is 1.23 bits per heavy atom. The van der Waals surface area contributed by atoms with E-state index < -0.39 is 0 Å². The molecule has 1 aromatic carbocycles. The second kappa shape index (κ2) is 6.32. The minimum Gasteiger partial charge on any atom is -0.627 e. The summed E-state index contributed by atoms with van der Waals surface area (Å²) in [6.45, 7) is 1.11. The number of quaternary nitrogens is 1. The summed E-state index contributed by atoms with van der Waals surface area (Å²) in [4.78, 5) is 10.4. The van der Waals surface area contributed by atoms with E-state index >= 15 is 0 Å². The van der Waals surface area contributed by atoms with Crippen LogP contribution in [0.4, 0.5) is 0 Å². The fraction of sp³-hybridized carbons (Fsp3) is 0.200. The molecule has 5 rings (SSSR count). The molecule has 3 aliphatic rings. The molecule has 1 atom stereocenters. The lowest BCUT2D eigenvalue weighted by Crippen LogP contribution is -2.46. The van der Waals surface area contributed by atoms with Crippen molar-refractivity contribution in [3.63, 3.8) is 0 Å². The number of hydroxylamine groups is 3. The van der Waals surface area contributed by atoms with E-state index in [2.05, 4.69) is 17.1 Å². The molecular formula is C20H17N3OS2. The Balaban J connectivity index is 1.66. The van der Waals surface area contributed by atoms with Crippen molar-refractivity contribution in [2.45, 2.75) is 6.42 Å². The Kier molecular flexibility index (Phi) is 3.94. The zero-order chi connectivity index (χ0) is 17.6. The van der Waals surface area contributed by atoms with Crippen molar-refractivity contribution in [2.75, 3.05) is 18.8 Å². The minimum atomic E-state index is -0.257. The van der Waals surface area contributed by atoms with Gasteiger partial charge in [0.25, 0.3) is 0 Å². The van der Waals surface area contributed by atoms with Gasteiger partial charge in [0.1, 0.15) is 6.54 Å². The van der Waals surface area contributed by atoms with E-state index in [0.717, 1.165) is 43.1 Å². The zero-order valence-corrected chi connectivity index (χ0v) is 15.7. The highest BCUT2D eigenvalue weighted by Crippen LogP contribution is 2.44. The topological polar surface area (TPSA) is 48.3 Å². The molecule has 0 N–H and O–H groups in total. The highest BCUT2D eigenvalue weighted by Gasteiger charge is 2.37. The van der Waals surface area contributed by atoms with Crippen molar-refractivity contribution in [3.8, 4) is 0 Å². The third-order valence-corrected chi connectivity index (χ3v) is 6.76. The fourth-order valence-corrected chi connectivity index (χ4v) is 5.65. The van der Waals surface area contributed by atoms with Gasteiger partial charge in [-0.2, -0.15) is 0 Å². The number of allylic oxidation sites excluding steroid dienone is 3. The molecule has 2 aliphatic heterocycles. The van der Waals surface area contributed by atoms with Crippen LogP contribution in [0.1, 0.15) is 12.0 Å². The molecule has 0 saturated heterocycles. The van der Waals surface area contributed by atoms with E-state index in [0.29, 0.717) is 19.5 Å². The first-order valence-corrected chi connectivity index (χ1v) is 10.5. The summed E-state index contributed by atoms with van der Waals surface area (Å²) in [7, 11) is 0. The van der Waals surface area contributed by atoms with Crippen LogP contribution in [0.25, 0.3) is 11.6 Å². The summed E-state index contributed by atoms with van der Waals surface area (Å²) in [5.41, 5.74) is 5.92. The van der Waals surface area contributed by atoms with Crippen molar-refractivity contribution in [2.24, 2.45) is 4.99 Å². The van der Waals surface area contributed by atoms with Crippen LogP contribution in [0.2, 0.25) is 0 Å². The molecule has 1 unspecified atom stereocenters. The molecule has 0 amide bonds. The predicted octanol–water partition coefficient (Wildman–Crippen LogP) is 2.77. The Hall–Kier alpha value is -1.99. The lowest BCUT2D eigenvalue weighted by atomic mass is 9.99. The Morgan fingerprint density at radius 3 is 3.00 bits per heavy atom. The number of benzene rings is 1. The molecule has 4 nitrogen and oxygen atoms in total. The van der Waals surface area contributed by atoms with E-state index in [-0.39, 0.29) is 4.65 Å². The number of rotatable bonds is 2. The molecule has 0 bridgehead atoms. The molecule has 0 radical (unpaired) electrons. The van der Waals surface area contributed by atoms with Gasteiger partial charge in [-0.15, -0.1) is 23.1 Å². The van der Waals surface area contributed by atoms with Gasteiger partial charge in [0.2, 0.25) is 0 Å². The van der Waals surface area contributed by atoms with Crippen molar-refractivity contribution in [3.05, 3.63) is 78.9 Å². The smallest absolute Gasteiger partial charge is 0.152 e. The van der Waals surface area contributed by atoms with Crippen LogP contribution in [0.3, 0.4) is 0 Å². The number of hydrogen-bond donors (Lipinski definition) is 0. The van der Waals surface area contributed by atoms with Gasteiger partial charge in [-0.3, -0.25) is 4.99 Å². The molecule has 1 aromatic heterocycles. The van der Waals surface area contributed by atoms with Gasteiger partial charge in [0, 0.05) is 29.7 Å². The third kappa shape index (κ3) is 2.70. The lowest BCUT2D eigenvalue weighted by Gasteiger charge is -2.47. The molecule has 2 aromatic rings. The number of nitrogens with zero attached hydrogens (tertiary/aromatic N) is 3. The molecule has 1 aliphatic carbocycles. The first-order chi connectivity index (χ1) is 12.7. The quantitative estimate of drug-likeness (QED) is 0.458. The van der Waals surface area contributed by atoms with Gasteiger partial charge in [-0.1, -0.05) is 30.3 Å². The number of hydrogen-bond acceptors (Lipinski definition) is 5. The summed E-state index contributed by atoms with van der Waals surface area (Å²) in [6, 6.07) is 10.1. The fourth-order valence-electron chi connectivity index (χ4n) is 3.67. The van der Waals surface area contributed by atoms with E-state index in [1.54, 1.807) is 23.1 Å². The predicted molar refractivity (Wildman–Crippen MR) is 109 cm³/mol. The van der Waals surface area contributed by atoms with Crippen LogP contribution in [0.15, 0.2) is 63.2 Å². The van der Waals surface area contributed by atoms with Crippen molar-refractivity contribution in [1.82, 2.24) is 4.98 Å². The zero-order valence-electron chi connectivity index (χ0n) is 14.1. The number of aromatic nitrogens is 1. The third-order valence-electron chi connectivity index (χ3n) is 4.92. The number of thioether (sulfide) groups is 1. The Morgan fingerprint density at radius 2 is 2.12 bits per heavy atom. The molecule has 130 valence electrons. The van der Waals surface area contributed by atoms with Crippen LogP contribution in [-0.4, -0.2) is 34.7 Å². The summed E-state index contributed by atoms with van der Waals surface area (Å²) >= 11 is 3.38. The normalized spacial score (nSPS) is 24.7. The number of thiazole rings is 1. The van der Waals surface area contributed by atoms with Gasteiger partial charge < -0.3 is 9.85 Å². The Labute approximate surface area is 159 Å². The van der Waals surface area contributed by atoms with Crippen LogP contribution >= 0.6 is 23.1 Å². The second-order valence-corrected chi connectivity index (χ2v) is 8.61. The monoisotopic (exact) mass is 379 g/mol. The van der Waals surface area contributed by atoms with Crippen molar-refractivity contribution in [1.29, 1.82) is 0 Å². The van der Waals surface area contributed by atoms with Gasteiger partial charge in [0.05, 0.1) is 26.8 Å². The maximum absolute atomic E-state index is 13.5. The summed E-state index contributed by atoms with van der Waals surface area (Å²) < 4.78 is 0.861. The molecule has 0 spiro atoms. The van der Waals surface area contributed by atoms with Gasteiger partial charge in [0.15, 0.2) is 5.70 Å². The number of aliphatic imine (C=N–C) groups is 1. The largest absolute Gasteiger partial charge is 0.627 e. The average molecular weight is 380 g/mol. The molecule has 26 heavy (non-hydrogen) atoms. The molecule has 3 heterocycles. The molecule has 0 fully saturated rings. The summed E-state index contributed by atoms with van der Waals surface area (Å²) in [5.74, 6) is 0.844. The van der Waals surface area contributed by atoms with Crippen LogP contribution in [-0.2, 0) is 0 Å². The van der Waals surface area contributed by atoms with Gasteiger partial charge in [-0.25, -0.2) is 4.98 Å². The maximum atomic E-state index is 13.5. The molecule has 0 saturated carbocycles. The maximum Gasteiger partial charge on any atom is 0.152 e. The highest BCUT2D eigenvalue weighted by atomic mass is 32.2. The van der Waals surface area contributed by atoms with Gasteiger partial charge in [-0.05, 0) is 17.7 Å². The average Bonchev–Trinajstić information content (AvgIpc) is 3.10. The summed E-state index contributed by atoms with van der Waals surface area (Å²) in [6.07, 6.45) is 6.73. The van der Waals surface area contributed by atoms with Crippen molar-refractivity contribution < 1.29 is 4.65 Å². The Bertz CT molecular complexity index is 1080. The highest BCUT2D eigenvalue weighted by molar-refractivity contribution is 8.03.